The monoisotopic (exact) mass is 406 g/mol. The Labute approximate surface area is 158 Å². The van der Waals surface area contributed by atoms with E-state index in [2.05, 4.69) is 14.9 Å². The second kappa shape index (κ2) is 8.01. The largest absolute Gasteiger partial charge is 0.493 e. The van der Waals surface area contributed by atoms with Gasteiger partial charge in [0.15, 0.2) is 17.3 Å². The normalized spacial score (nSPS) is 15.4. The van der Waals surface area contributed by atoms with Crippen molar-refractivity contribution in [3.05, 3.63) is 28.1 Å². The van der Waals surface area contributed by atoms with Crippen LogP contribution in [0, 0.1) is 10.1 Å². The maximum atomic E-state index is 12.5. The van der Waals surface area contributed by atoms with Crippen molar-refractivity contribution in [2.24, 2.45) is 5.73 Å². The molecule has 0 aliphatic heterocycles. The van der Waals surface area contributed by atoms with Gasteiger partial charge >= 0.3 is 6.61 Å². The van der Waals surface area contributed by atoms with Gasteiger partial charge in [0.25, 0.3) is 11.6 Å². The summed E-state index contributed by atoms with van der Waals surface area (Å²) in [6.07, 6.45) is 3.21. The van der Waals surface area contributed by atoms with E-state index in [1.807, 2.05) is 0 Å². The number of nitro benzene ring substituents is 1. The number of hydrogen-bond donors (Lipinski definition) is 1. The zero-order valence-electron chi connectivity index (χ0n) is 14.2. The van der Waals surface area contributed by atoms with Gasteiger partial charge < -0.3 is 19.7 Å². The summed E-state index contributed by atoms with van der Waals surface area (Å²) in [4.78, 5) is 14.8. The van der Waals surface area contributed by atoms with Crippen LogP contribution in [0.2, 0.25) is 0 Å². The maximum Gasteiger partial charge on any atom is 0.387 e. The van der Waals surface area contributed by atoms with Crippen molar-refractivity contribution >= 4 is 18.1 Å². The number of aromatic nitrogens is 2. The third-order valence-corrected chi connectivity index (χ3v) is 4.29. The molecule has 0 spiro atoms. The molecule has 1 aliphatic carbocycles. The van der Waals surface area contributed by atoms with Crippen molar-refractivity contribution in [3.8, 4) is 23.0 Å². The molecule has 0 unspecified atom stereocenters. The Balaban J connectivity index is 0.00000261. The number of hydrogen-bond acceptors (Lipinski definition) is 8. The first-order valence-corrected chi connectivity index (χ1v) is 7.79. The molecule has 0 bridgehead atoms. The van der Waals surface area contributed by atoms with Crippen molar-refractivity contribution in [2.45, 2.75) is 37.8 Å². The minimum Gasteiger partial charge on any atom is -0.493 e. The minimum atomic E-state index is -3.16. The molecule has 1 fully saturated rings. The van der Waals surface area contributed by atoms with Crippen LogP contribution in [0.4, 0.5) is 14.5 Å². The van der Waals surface area contributed by atoms with Gasteiger partial charge in [-0.2, -0.15) is 13.8 Å². The molecule has 12 heteroatoms. The standard InChI is InChI=1S/C15H16F2N4O5.ClH/c1-24-10-6-8(9(21(22)23)7-11(10)25-14(16)17)12-19-13(20-26-12)15(18)4-2-3-5-15;/h6-7,14H,2-5,18H2,1H3;1H. The number of rotatable bonds is 6. The summed E-state index contributed by atoms with van der Waals surface area (Å²) in [6, 6.07) is 1.98. The van der Waals surface area contributed by atoms with Gasteiger partial charge in [0.1, 0.15) is 5.56 Å². The summed E-state index contributed by atoms with van der Waals surface area (Å²) in [5.41, 5.74) is 4.91. The predicted octanol–water partition coefficient (Wildman–Crippen LogP) is 3.40. The number of methoxy groups -OCH3 is 1. The molecule has 1 aromatic carbocycles. The van der Waals surface area contributed by atoms with E-state index in [-0.39, 0.29) is 35.4 Å². The van der Waals surface area contributed by atoms with Crippen LogP contribution in [0.1, 0.15) is 31.5 Å². The van der Waals surface area contributed by atoms with Crippen LogP contribution in [-0.4, -0.2) is 28.8 Å². The lowest BCUT2D eigenvalue weighted by molar-refractivity contribution is -0.384. The average Bonchev–Trinajstić information content (AvgIpc) is 3.24. The van der Waals surface area contributed by atoms with Crippen LogP contribution in [0.15, 0.2) is 16.7 Å². The van der Waals surface area contributed by atoms with E-state index in [0.717, 1.165) is 25.0 Å². The number of nitrogens with two attached hydrogens (primary N) is 1. The first-order valence-electron chi connectivity index (χ1n) is 7.79. The van der Waals surface area contributed by atoms with Gasteiger partial charge in [-0.05, 0) is 12.8 Å². The molecule has 2 N–H and O–H groups in total. The van der Waals surface area contributed by atoms with Crippen LogP contribution in [-0.2, 0) is 5.54 Å². The summed E-state index contributed by atoms with van der Waals surface area (Å²) in [5, 5.41) is 15.2. The van der Waals surface area contributed by atoms with E-state index in [1.165, 1.54) is 7.11 Å². The first kappa shape index (κ1) is 20.8. The topological polar surface area (TPSA) is 127 Å². The van der Waals surface area contributed by atoms with E-state index in [9.17, 15) is 18.9 Å². The fourth-order valence-electron chi connectivity index (χ4n) is 2.98. The van der Waals surface area contributed by atoms with E-state index < -0.39 is 28.5 Å². The molecular formula is C15H17ClF2N4O5. The van der Waals surface area contributed by atoms with Gasteiger partial charge in [-0.25, -0.2) is 0 Å². The number of nitrogens with zero attached hydrogens (tertiary/aromatic N) is 3. The van der Waals surface area contributed by atoms with Crippen molar-refractivity contribution in [2.75, 3.05) is 7.11 Å². The van der Waals surface area contributed by atoms with Crippen LogP contribution in [0.5, 0.6) is 11.5 Å². The quantitative estimate of drug-likeness (QED) is 0.571. The highest BCUT2D eigenvalue weighted by Crippen LogP contribution is 2.41. The van der Waals surface area contributed by atoms with Crippen molar-refractivity contribution in [3.63, 3.8) is 0 Å². The third kappa shape index (κ3) is 4.08. The summed E-state index contributed by atoms with van der Waals surface area (Å²) < 4.78 is 39.4. The number of benzene rings is 1. The molecule has 9 nitrogen and oxygen atoms in total. The van der Waals surface area contributed by atoms with Crippen LogP contribution in [0.3, 0.4) is 0 Å². The smallest absolute Gasteiger partial charge is 0.387 e. The van der Waals surface area contributed by atoms with Gasteiger partial charge in [0.05, 0.1) is 23.6 Å². The molecule has 0 atom stereocenters. The lowest BCUT2D eigenvalue weighted by Gasteiger charge is -2.17. The third-order valence-electron chi connectivity index (χ3n) is 4.29. The van der Waals surface area contributed by atoms with E-state index >= 15 is 0 Å². The molecule has 3 rings (SSSR count). The number of nitro groups is 1. The first-order chi connectivity index (χ1) is 12.3. The molecule has 1 heterocycles. The summed E-state index contributed by atoms with van der Waals surface area (Å²) >= 11 is 0. The molecule has 1 aromatic heterocycles. The molecule has 2 aromatic rings. The van der Waals surface area contributed by atoms with Gasteiger partial charge in [0.2, 0.25) is 0 Å². The zero-order chi connectivity index (χ0) is 18.9. The molecule has 1 aliphatic rings. The van der Waals surface area contributed by atoms with E-state index in [1.54, 1.807) is 0 Å². The molecular weight excluding hydrogens is 390 g/mol. The molecule has 148 valence electrons. The molecule has 0 saturated heterocycles. The second-order valence-electron chi connectivity index (χ2n) is 5.94. The summed E-state index contributed by atoms with van der Waals surface area (Å²) in [6.45, 7) is -3.16. The number of ether oxygens (including phenoxy) is 2. The molecule has 27 heavy (non-hydrogen) atoms. The van der Waals surface area contributed by atoms with Gasteiger partial charge in [-0.15, -0.1) is 12.4 Å². The van der Waals surface area contributed by atoms with Crippen LogP contribution >= 0.6 is 12.4 Å². The Morgan fingerprint density at radius 1 is 1.33 bits per heavy atom. The highest BCUT2D eigenvalue weighted by molar-refractivity contribution is 5.85. The van der Waals surface area contributed by atoms with Gasteiger partial charge in [-0.3, -0.25) is 10.1 Å². The van der Waals surface area contributed by atoms with Gasteiger partial charge in [0, 0.05) is 6.07 Å². The summed E-state index contributed by atoms with van der Waals surface area (Å²) in [7, 11) is 1.22. The SMILES string of the molecule is COc1cc(-c2nc(C3(N)CCCC3)no2)c([N+](=O)[O-])cc1OC(F)F.Cl. The average molecular weight is 407 g/mol. The van der Waals surface area contributed by atoms with Gasteiger partial charge in [-0.1, -0.05) is 18.0 Å². The lowest BCUT2D eigenvalue weighted by Crippen LogP contribution is -2.34. The van der Waals surface area contributed by atoms with Crippen molar-refractivity contribution < 1.29 is 27.7 Å². The zero-order valence-corrected chi connectivity index (χ0v) is 15.0. The Hall–Kier alpha value is -2.53. The van der Waals surface area contributed by atoms with Crippen molar-refractivity contribution in [1.29, 1.82) is 0 Å². The fourth-order valence-corrected chi connectivity index (χ4v) is 2.98. The molecule has 0 radical (unpaired) electrons. The fraction of sp³-hybridized carbons (Fsp3) is 0.467. The summed E-state index contributed by atoms with van der Waals surface area (Å²) in [5.74, 6) is -0.491. The Kier molecular flexibility index (Phi) is 6.16. The molecule has 0 amide bonds. The molecule has 1 saturated carbocycles. The van der Waals surface area contributed by atoms with Crippen LogP contribution < -0.4 is 15.2 Å². The minimum absolute atomic E-state index is 0. The number of halogens is 3. The predicted molar refractivity (Wildman–Crippen MR) is 91.2 cm³/mol. The number of alkyl halides is 2. The Bertz CT molecular complexity index is 827. The van der Waals surface area contributed by atoms with Crippen LogP contribution in [0.25, 0.3) is 11.5 Å². The maximum absolute atomic E-state index is 12.5. The lowest BCUT2D eigenvalue weighted by atomic mass is 9.98. The Morgan fingerprint density at radius 2 is 2.00 bits per heavy atom. The highest BCUT2D eigenvalue weighted by Gasteiger charge is 2.37. The highest BCUT2D eigenvalue weighted by atomic mass is 35.5. The Morgan fingerprint density at radius 3 is 2.56 bits per heavy atom. The van der Waals surface area contributed by atoms with Crippen molar-refractivity contribution in [1.82, 2.24) is 10.1 Å². The second-order valence-corrected chi connectivity index (χ2v) is 5.94. The van der Waals surface area contributed by atoms with E-state index in [0.29, 0.717) is 12.8 Å². The van der Waals surface area contributed by atoms with E-state index in [4.69, 9.17) is 15.0 Å².